The highest BCUT2D eigenvalue weighted by molar-refractivity contribution is 6.05. The number of nitrogens with zero attached hydrogens (tertiary/aromatic N) is 3. The van der Waals surface area contributed by atoms with Crippen LogP contribution in [0.5, 0.6) is 0 Å². The van der Waals surface area contributed by atoms with Crippen LogP contribution in [0.15, 0.2) is 41.7 Å². The fourth-order valence-electron chi connectivity index (χ4n) is 4.29. The van der Waals surface area contributed by atoms with Crippen LogP contribution in [0.1, 0.15) is 63.4 Å². The summed E-state index contributed by atoms with van der Waals surface area (Å²) in [5, 5.41) is 5.75. The molecule has 5 heteroatoms. The number of aryl methyl sites for hydroxylation is 1. The van der Waals surface area contributed by atoms with Crippen molar-refractivity contribution in [1.29, 1.82) is 0 Å². The molecule has 0 aliphatic carbocycles. The molecular formula is C23H31N3O2. The van der Waals surface area contributed by atoms with E-state index in [1.807, 2.05) is 29.2 Å². The lowest BCUT2D eigenvalue weighted by Crippen LogP contribution is -2.52. The first-order chi connectivity index (χ1) is 13.4. The minimum atomic E-state index is -0.123. The maximum atomic E-state index is 13.6. The van der Waals surface area contributed by atoms with E-state index in [0.717, 1.165) is 32.1 Å². The molecule has 3 rings (SSSR count). The third kappa shape index (κ3) is 3.75. The minimum absolute atomic E-state index is 0.0224. The highest BCUT2D eigenvalue weighted by Gasteiger charge is 2.40. The van der Waals surface area contributed by atoms with Gasteiger partial charge in [0.25, 0.3) is 11.5 Å². The van der Waals surface area contributed by atoms with Crippen LogP contribution < -0.4 is 5.56 Å². The Bertz CT molecular complexity index is 929. The maximum Gasteiger partial charge on any atom is 0.275 e. The molecule has 0 N–H and O–H groups in total. The van der Waals surface area contributed by atoms with Crippen molar-refractivity contribution in [2.24, 2.45) is 5.41 Å². The molecule has 1 amide bonds. The molecule has 150 valence electrons. The number of unbranched alkanes of at least 4 members (excludes halogenated alkanes) is 1. The molecule has 1 aliphatic rings. The van der Waals surface area contributed by atoms with Crippen molar-refractivity contribution >= 4 is 16.7 Å². The summed E-state index contributed by atoms with van der Waals surface area (Å²) < 4.78 is 1.47. The van der Waals surface area contributed by atoms with Crippen LogP contribution >= 0.6 is 0 Å². The number of hydrogen-bond donors (Lipinski definition) is 0. The number of aromatic nitrogens is 2. The molecule has 0 bridgehead atoms. The van der Waals surface area contributed by atoms with Crippen LogP contribution in [-0.4, -0.2) is 33.2 Å². The Kier molecular flexibility index (Phi) is 6.01. The summed E-state index contributed by atoms with van der Waals surface area (Å²) in [6, 6.07) is 7.41. The number of carbonyl (C=O) groups is 1. The third-order valence-electron chi connectivity index (χ3n) is 5.94. The van der Waals surface area contributed by atoms with Gasteiger partial charge in [-0.25, -0.2) is 4.68 Å². The fourth-order valence-corrected chi connectivity index (χ4v) is 4.29. The lowest BCUT2D eigenvalue weighted by Gasteiger charge is -2.46. The minimum Gasteiger partial charge on any atom is -0.333 e. The van der Waals surface area contributed by atoms with E-state index < -0.39 is 0 Å². The molecule has 1 atom stereocenters. The van der Waals surface area contributed by atoms with E-state index in [1.54, 1.807) is 6.07 Å². The second-order valence-electron chi connectivity index (χ2n) is 8.41. The number of benzene rings is 1. The van der Waals surface area contributed by atoms with Gasteiger partial charge in [-0.1, -0.05) is 51.5 Å². The number of piperidine rings is 1. The van der Waals surface area contributed by atoms with Gasteiger partial charge in [0.2, 0.25) is 0 Å². The topological polar surface area (TPSA) is 55.2 Å². The van der Waals surface area contributed by atoms with Crippen molar-refractivity contribution in [3.05, 3.63) is 53.0 Å². The van der Waals surface area contributed by atoms with Crippen LogP contribution in [0.25, 0.3) is 10.8 Å². The van der Waals surface area contributed by atoms with Crippen molar-refractivity contribution in [3.8, 4) is 0 Å². The average Bonchev–Trinajstić information content (AvgIpc) is 2.68. The molecule has 0 radical (unpaired) electrons. The van der Waals surface area contributed by atoms with Crippen LogP contribution in [0.2, 0.25) is 0 Å². The number of fused-ring (bicyclic) bond motifs is 1. The predicted octanol–water partition coefficient (Wildman–Crippen LogP) is 4.40. The largest absolute Gasteiger partial charge is 0.333 e. The van der Waals surface area contributed by atoms with Crippen molar-refractivity contribution < 1.29 is 4.79 Å². The van der Waals surface area contributed by atoms with Gasteiger partial charge in [-0.15, -0.1) is 6.58 Å². The van der Waals surface area contributed by atoms with Gasteiger partial charge in [0, 0.05) is 24.5 Å². The van der Waals surface area contributed by atoms with E-state index in [0.29, 0.717) is 29.6 Å². The zero-order valence-electron chi connectivity index (χ0n) is 17.3. The third-order valence-corrected chi connectivity index (χ3v) is 5.94. The molecule has 1 aliphatic heterocycles. The lowest BCUT2D eigenvalue weighted by atomic mass is 9.75. The summed E-state index contributed by atoms with van der Waals surface area (Å²) in [4.78, 5) is 28.4. The molecule has 1 aromatic heterocycles. The van der Waals surface area contributed by atoms with Gasteiger partial charge in [-0.2, -0.15) is 5.10 Å². The second-order valence-corrected chi connectivity index (χ2v) is 8.41. The number of carbonyl (C=O) groups excluding carboxylic acids is 1. The molecule has 0 saturated carbocycles. The van der Waals surface area contributed by atoms with Crippen LogP contribution in [0.3, 0.4) is 0 Å². The quantitative estimate of drug-likeness (QED) is 0.697. The summed E-state index contributed by atoms with van der Waals surface area (Å²) in [6.07, 6.45) is 6.53. The second kappa shape index (κ2) is 8.29. The summed E-state index contributed by atoms with van der Waals surface area (Å²) >= 11 is 0. The molecule has 2 heterocycles. The number of likely N-dealkylation sites (tertiary alicyclic amines) is 1. The fraction of sp³-hybridized carbons (Fsp3) is 0.522. The maximum absolute atomic E-state index is 13.6. The Balaban J connectivity index is 2.11. The van der Waals surface area contributed by atoms with Gasteiger partial charge < -0.3 is 4.90 Å². The van der Waals surface area contributed by atoms with Gasteiger partial charge in [-0.3, -0.25) is 9.59 Å². The van der Waals surface area contributed by atoms with Crippen molar-refractivity contribution in [2.45, 2.75) is 65.5 Å². The highest BCUT2D eigenvalue weighted by Crippen LogP contribution is 2.38. The summed E-state index contributed by atoms with van der Waals surface area (Å²) in [6.45, 7) is 11.7. The molecule has 1 saturated heterocycles. The summed E-state index contributed by atoms with van der Waals surface area (Å²) in [5.74, 6) is -0.0823. The SMILES string of the molecule is C=CC[C@H]1N(C(=O)c2nn(CCCC)c(=O)c3ccccc23)CCCC1(C)C. The Morgan fingerprint density at radius 1 is 1.32 bits per heavy atom. The summed E-state index contributed by atoms with van der Waals surface area (Å²) in [7, 11) is 0. The number of amides is 1. The number of hydrogen-bond acceptors (Lipinski definition) is 3. The van der Waals surface area contributed by atoms with E-state index in [4.69, 9.17) is 0 Å². The van der Waals surface area contributed by atoms with Gasteiger partial charge in [0.15, 0.2) is 5.69 Å². The van der Waals surface area contributed by atoms with Crippen molar-refractivity contribution in [3.63, 3.8) is 0 Å². The Morgan fingerprint density at radius 2 is 2.04 bits per heavy atom. The molecule has 0 unspecified atom stereocenters. The van der Waals surface area contributed by atoms with Crippen LogP contribution in [0, 0.1) is 5.41 Å². The van der Waals surface area contributed by atoms with Crippen LogP contribution in [0.4, 0.5) is 0 Å². The number of rotatable bonds is 6. The Labute approximate surface area is 167 Å². The Hall–Kier alpha value is -2.43. The molecule has 2 aromatic rings. The zero-order chi connectivity index (χ0) is 20.3. The molecular weight excluding hydrogens is 350 g/mol. The molecule has 1 fully saturated rings. The van der Waals surface area contributed by atoms with E-state index in [1.165, 1.54) is 4.68 Å². The van der Waals surface area contributed by atoms with E-state index in [9.17, 15) is 9.59 Å². The molecule has 1 aromatic carbocycles. The first kappa shape index (κ1) is 20.3. The first-order valence-corrected chi connectivity index (χ1v) is 10.3. The van der Waals surface area contributed by atoms with Crippen molar-refractivity contribution in [1.82, 2.24) is 14.7 Å². The van der Waals surface area contributed by atoms with Crippen molar-refractivity contribution in [2.75, 3.05) is 6.54 Å². The van der Waals surface area contributed by atoms with Crippen LogP contribution in [-0.2, 0) is 6.54 Å². The average molecular weight is 382 g/mol. The molecule has 28 heavy (non-hydrogen) atoms. The highest BCUT2D eigenvalue weighted by atomic mass is 16.2. The lowest BCUT2D eigenvalue weighted by molar-refractivity contribution is 0.0282. The summed E-state index contributed by atoms with van der Waals surface area (Å²) in [5.41, 5.74) is 0.287. The van der Waals surface area contributed by atoms with E-state index >= 15 is 0 Å². The predicted molar refractivity (Wildman–Crippen MR) is 114 cm³/mol. The van der Waals surface area contributed by atoms with Gasteiger partial charge in [0.1, 0.15) is 0 Å². The zero-order valence-corrected chi connectivity index (χ0v) is 17.3. The van der Waals surface area contributed by atoms with Gasteiger partial charge in [0.05, 0.1) is 5.39 Å². The van der Waals surface area contributed by atoms with Gasteiger partial charge in [-0.05, 0) is 37.2 Å². The monoisotopic (exact) mass is 381 g/mol. The smallest absolute Gasteiger partial charge is 0.275 e. The van der Waals surface area contributed by atoms with E-state index in [-0.39, 0.29) is 22.9 Å². The normalized spacial score (nSPS) is 19.0. The molecule has 0 spiro atoms. The molecule has 5 nitrogen and oxygen atoms in total. The van der Waals surface area contributed by atoms with E-state index in [2.05, 4.69) is 32.4 Å². The first-order valence-electron chi connectivity index (χ1n) is 10.3. The van der Waals surface area contributed by atoms with Gasteiger partial charge >= 0.3 is 0 Å². The Morgan fingerprint density at radius 3 is 2.71 bits per heavy atom. The standard InChI is InChI=1S/C23H31N3O2/c1-5-7-16-26-21(27)18-13-9-8-12-17(18)20(24-26)22(28)25-15-10-14-23(3,4)19(25)11-6-2/h6,8-9,12-13,19H,2,5,7,10-11,14-16H2,1,3-4H3/t19-/m1/s1.